The molecule has 0 spiro atoms. The van der Waals surface area contributed by atoms with E-state index < -0.39 is 0 Å². The van der Waals surface area contributed by atoms with Gasteiger partial charge in [0.2, 0.25) is 5.91 Å². The molecule has 1 aliphatic carbocycles. The van der Waals surface area contributed by atoms with E-state index in [0.29, 0.717) is 5.92 Å². The number of nitrogens with one attached hydrogen (secondary N) is 1. The number of hydrogen-bond acceptors (Lipinski definition) is 1. The fourth-order valence-electron chi connectivity index (χ4n) is 1.94. The summed E-state index contributed by atoms with van der Waals surface area (Å²) in [7, 11) is 0. The molecule has 1 aliphatic rings. The fraction of sp³-hybridized carbons (Fsp3) is 0.462. The summed E-state index contributed by atoms with van der Waals surface area (Å²) in [5.41, 5.74) is 1.29. The molecular weight excluding hydrogens is 186 g/mol. The Morgan fingerprint density at radius 2 is 2.00 bits per heavy atom. The molecule has 2 atom stereocenters. The van der Waals surface area contributed by atoms with Crippen LogP contribution < -0.4 is 5.32 Å². The summed E-state index contributed by atoms with van der Waals surface area (Å²) < 4.78 is 0. The molecule has 1 N–H and O–H groups in total. The van der Waals surface area contributed by atoms with Crippen LogP contribution >= 0.6 is 0 Å². The van der Waals surface area contributed by atoms with Gasteiger partial charge in [-0.15, -0.1) is 0 Å². The first-order valence-electron chi connectivity index (χ1n) is 5.54. The lowest BCUT2D eigenvalue weighted by atomic mass is 10.1. The number of hydrogen-bond donors (Lipinski definition) is 1. The van der Waals surface area contributed by atoms with Crippen LogP contribution in [0.2, 0.25) is 0 Å². The van der Waals surface area contributed by atoms with Gasteiger partial charge in [-0.1, -0.05) is 30.3 Å². The monoisotopic (exact) mass is 203 g/mol. The topological polar surface area (TPSA) is 29.1 Å². The number of carbonyl (C=O) groups excluding carboxylic acids is 1. The van der Waals surface area contributed by atoms with E-state index in [-0.39, 0.29) is 17.9 Å². The van der Waals surface area contributed by atoms with Gasteiger partial charge in [0.25, 0.3) is 0 Å². The van der Waals surface area contributed by atoms with Crippen molar-refractivity contribution >= 4 is 5.91 Å². The lowest BCUT2D eigenvalue weighted by Gasteiger charge is -2.07. The maximum atomic E-state index is 11.7. The minimum absolute atomic E-state index is 0.204. The van der Waals surface area contributed by atoms with E-state index in [0.717, 1.165) is 6.42 Å². The van der Waals surface area contributed by atoms with Crippen LogP contribution in [0.4, 0.5) is 0 Å². The minimum Gasteiger partial charge on any atom is -0.354 e. The van der Waals surface area contributed by atoms with Crippen molar-refractivity contribution in [3.8, 4) is 0 Å². The van der Waals surface area contributed by atoms with E-state index in [4.69, 9.17) is 0 Å². The van der Waals surface area contributed by atoms with Gasteiger partial charge in [0, 0.05) is 12.0 Å². The molecule has 2 heteroatoms. The molecule has 0 aliphatic heterocycles. The molecule has 2 rings (SSSR count). The van der Waals surface area contributed by atoms with Gasteiger partial charge in [-0.3, -0.25) is 4.79 Å². The van der Waals surface area contributed by atoms with Crippen LogP contribution in [0.1, 0.15) is 31.7 Å². The largest absolute Gasteiger partial charge is 0.354 e. The van der Waals surface area contributed by atoms with Crippen molar-refractivity contribution in [3.63, 3.8) is 0 Å². The standard InChI is InChI=1S/C13H17NO/c1-9(2)14-13(15)12-8-11(12)10-6-4-3-5-7-10/h3-7,9,11-12H,8H2,1-2H3,(H,14,15). The summed E-state index contributed by atoms with van der Waals surface area (Å²) >= 11 is 0. The smallest absolute Gasteiger partial charge is 0.223 e. The van der Waals surface area contributed by atoms with Gasteiger partial charge in [0.1, 0.15) is 0 Å². The molecule has 1 fully saturated rings. The predicted molar refractivity (Wildman–Crippen MR) is 60.6 cm³/mol. The third-order valence-electron chi connectivity index (χ3n) is 2.79. The normalized spacial score (nSPS) is 23.9. The van der Waals surface area contributed by atoms with Crippen LogP contribution in [0.5, 0.6) is 0 Å². The highest BCUT2D eigenvalue weighted by Gasteiger charge is 2.43. The quantitative estimate of drug-likeness (QED) is 0.802. The van der Waals surface area contributed by atoms with E-state index in [9.17, 15) is 4.79 Å². The van der Waals surface area contributed by atoms with Crippen molar-refractivity contribution in [2.45, 2.75) is 32.2 Å². The second kappa shape index (κ2) is 4.05. The molecule has 15 heavy (non-hydrogen) atoms. The van der Waals surface area contributed by atoms with Crippen LogP contribution in [-0.4, -0.2) is 11.9 Å². The number of benzene rings is 1. The summed E-state index contributed by atoms with van der Waals surface area (Å²) in [6.07, 6.45) is 1.00. The number of amides is 1. The van der Waals surface area contributed by atoms with E-state index in [2.05, 4.69) is 17.4 Å². The SMILES string of the molecule is CC(C)NC(=O)C1CC1c1ccccc1. The Hall–Kier alpha value is -1.31. The van der Waals surface area contributed by atoms with E-state index in [1.54, 1.807) is 0 Å². The van der Waals surface area contributed by atoms with Crippen LogP contribution in [0.15, 0.2) is 30.3 Å². The van der Waals surface area contributed by atoms with Gasteiger partial charge in [-0.25, -0.2) is 0 Å². The van der Waals surface area contributed by atoms with Crippen LogP contribution in [0, 0.1) is 5.92 Å². The summed E-state index contributed by atoms with van der Waals surface area (Å²) in [4.78, 5) is 11.7. The van der Waals surface area contributed by atoms with Gasteiger partial charge < -0.3 is 5.32 Å². The molecule has 0 radical (unpaired) electrons. The van der Waals surface area contributed by atoms with Gasteiger partial charge >= 0.3 is 0 Å². The molecule has 1 amide bonds. The second-order valence-electron chi connectivity index (χ2n) is 4.52. The highest BCUT2D eigenvalue weighted by molar-refractivity contribution is 5.83. The van der Waals surface area contributed by atoms with Crippen molar-refractivity contribution in [3.05, 3.63) is 35.9 Å². The van der Waals surface area contributed by atoms with Crippen LogP contribution in [0.25, 0.3) is 0 Å². The molecule has 0 heterocycles. The Balaban J connectivity index is 1.94. The molecule has 0 bridgehead atoms. The number of carbonyl (C=O) groups is 1. The third-order valence-corrected chi connectivity index (χ3v) is 2.79. The third kappa shape index (κ3) is 2.38. The maximum Gasteiger partial charge on any atom is 0.223 e. The predicted octanol–water partition coefficient (Wildman–Crippen LogP) is 2.31. The maximum absolute atomic E-state index is 11.7. The first-order chi connectivity index (χ1) is 7.18. The zero-order chi connectivity index (χ0) is 10.8. The summed E-state index contributed by atoms with van der Waals surface area (Å²) in [6.45, 7) is 4.00. The molecule has 2 nitrogen and oxygen atoms in total. The van der Waals surface area contributed by atoms with Gasteiger partial charge in [-0.05, 0) is 31.7 Å². The highest BCUT2D eigenvalue weighted by atomic mass is 16.2. The Labute approximate surface area is 90.7 Å². The molecule has 0 saturated heterocycles. The molecule has 1 aromatic rings. The molecular formula is C13H17NO. The lowest BCUT2D eigenvalue weighted by Crippen LogP contribution is -2.31. The fourth-order valence-corrected chi connectivity index (χ4v) is 1.94. The van der Waals surface area contributed by atoms with E-state index >= 15 is 0 Å². The molecule has 80 valence electrons. The first kappa shape index (κ1) is 10.2. The van der Waals surface area contributed by atoms with E-state index in [1.807, 2.05) is 32.0 Å². The average Bonchev–Trinajstić information content (AvgIpc) is 2.97. The Morgan fingerprint density at radius 3 is 2.60 bits per heavy atom. The molecule has 1 aromatic carbocycles. The second-order valence-corrected chi connectivity index (χ2v) is 4.52. The summed E-state index contributed by atoms with van der Waals surface area (Å²) in [5.74, 6) is 0.860. The zero-order valence-electron chi connectivity index (χ0n) is 9.23. The molecule has 1 saturated carbocycles. The highest BCUT2D eigenvalue weighted by Crippen LogP contribution is 2.47. The van der Waals surface area contributed by atoms with Crippen molar-refractivity contribution in [1.82, 2.24) is 5.32 Å². The Bertz CT molecular complexity index is 345. The van der Waals surface area contributed by atoms with Gasteiger partial charge in [0.05, 0.1) is 0 Å². The summed E-state index contributed by atoms with van der Waals surface area (Å²) in [5, 5.41) is 2.97. The van der Waals surface area contributed by atoms with Crippen LogP contribution in [0.3, 0.4) is 0 Å². The van der Waals surface area contributed by atoms with Crippen molar-refractivity contribution in [2.24, 2.45) is 5.92 Å². The molecule has 0 aromatic heterocycles. The van der Waals surface area contributed by atoms with Crippen molar-refractivity contribution < 1.29 is 4.79 Å². The van der Waals surface area contributed by atoms with Crippen molar-refractivity contribution in [2.75, 3.05) is 0 Å². The Kier molecular flexibility index (Phi) is 2.76. The van der Waals surface area contributed by atoms with Gasteiger partial charge in [0.15, 0.2) is 0 Å². The Morgan fingerprint density at radius 1 is 1.33 bits per heavy atom. The zero-order valence-corrected chi connectivity index (χ0v) is 9.23. The van der Waals surface area contributed by atoms with Crippen molar-refractivity contribution in [1.29, 1.82) is 0 Å². The number of rotatable bonds is 3. The minimum atomic E-state index is 0.204. The average molecular weight is 203 g/mol. The first-order valence-corrected chi connectivity index (χ1v) is 5.54. The van der Waals surface area contributed by atoms with E-state index in [1.165, 1.54) is 5.56 Å². The summed E-state index contributed by atoms with van der Waals surface area (Å²) in [6, 6.07) is 10.5. The van der Waals surface area contributed by atoms with Crippen LogP contribution in [-0.2, 0) is 4.79 Å². The molecule has 2 unspecified atom stereocenters. The van der Waals surface area contributed by atoms with Gasteiger partial charge in [-0.2, -0.15) is 0 Å². The lowest BCUT2D eigenvalue weighted by molar-refractivity contribution is -0.122.